The van der Waals surface area contributed by atoms with Crippen LogP contribution in [-0.2, 0) is 5.75 Å². The first-order chi connectivity index (χ1) is 14.0. The maximum atomic E-state index is 13.4. The van der Waals surface area contributed by atoms with Gasteiger partial charge in [-0.25, -0.2) is 9.97 Å². The van der Waals surface area contributed by atoms with Crippen LogP contribution in [-0.4, -0.2) is 19.1 Å². The second kappa shape index (κ2) is 7.79. The molecule has 0 bridgehead atoms. The van der Waals surface area contributed by atoms with E-state index in [0.29, 0.717) is 16.1 Å². The molecular formula is C21H18F2N4OS. The van der Waals surface area contributed by atoms with Gasteiger partial charge in [0, 0.05) is 12.4 Å². The molecule has 2 aromatic heterocycles. The zero-order valence-corrected chi connectivity index (χ0v) is 16.7. The first-order valence-electron chi connectivity index (χ1n) is 8.98. The zero-order chi connectivity index (χ0) is 20.5. The SMILES string of the molecule is Cc1cccc(C)c1-n1c(SCc2nccn2C(F)F)nc2ccccc2c1=O. The van der Waals surface area contributed by atoms with Gasteiger partial charge >= 0.3 is 6.55 Å². The van der Waals surface area contributed by atoms with E-state index < -0.39 is 6.55 Å². The van der Waals surface area contributed by atoms with Gasteiger partial charge in [-0.2, -0.15) is 8.78 Å². The molecule has 0 aliphatic rings. The lowest BCUT2D eigenvalue weighted by atomic mass is 10.1. The standard InChI is InChI=1S/C21H18F2N4OS/c1-13-6-5-7-14(2)18(13)27-19(28)15-8-3-4-9-16(15)25-21(27)29-12-17-24-10-11-26(17)20(22)23/h3-11,20H,12H2,1-2H3. The topological polar surface area (TPSA) is 52.7 Å². The first kappa shape index (κ1) is 19.3. The second-order valence-electron chi connectivity index (χ2n) is 6.61. The van der Waals surface area contributed by atoms with Gasteiger partial charge in [-0.15, -0.1) is 0 Å². The first-order valence-corrected chi connectivity index (χ1v) is 9.97. The second-order valence-corrected chi connectivity index (χ2v) is 7.55. The summed E-state index contributed by atoms with van der Waals surface area (Å²) in [7, 11) is 0. The minimum atomic E-state index is -2.67. The van der Waals surface area contributed by atoms with Crippen LogP contribution in [0.4, 0.5) is 8.78 Å². The minimum Gasteiger partial charge on any atom is -0.277 e. The Morgan fingerprint density at radius 3 is 2.52 bits per heavy atom. The number of halogens is 2. The number of benzene rings is 2. The van der Waals surface area contributed by atoms with Crippen molar-refractivity contribution in [1.82, 2.24) is 19.1 Å². The van der Waals surface area contributed by atoms with Crippen molar-refractivity contribution in [2.75, 3.05) is 0 Å². The van der Waals surface area contributed by atoms with E-state index in [1.807, 2.05) is 38.1 Å². The van der Waals surface area contributed by atoms with E-state index in [2.05, 4.69) is 9.97 Å². The number of rotatable bonds is 5. The Morgan fingerprint density at radius 1 is 1.07 bits per heavy atom. The molecule has 0 N–H and O–H groups in total. The molecule has 0 atom stereocenters. The zero-order valence-electron chi connectivity index (χ0n) is 15.8. The van der Waals surface area contributed by atoms with Crippen LogP contribution in [0.3, 0.4) is 0 Å². The van der Waals surface area contributed by atoms with Gasteiger partial charge in [-0.05, 0) is 37.1 Å². The van der Waals surface area contributed by atoms with Crippen molar-refractivity contribution in [2.45, 2.75) is 31.3 Å². The van der Waals surface area contributed by atoms with Gasteiger partial charge in [-0.3, -0.25) is 13.9 Å². The van der Waals surface area contributed by atoms with E-state index in [1.54, 1.807) is 22.8 Å². The van der Waals surface area contributed by atoms with Gasteiger partial charge in [0.2, 0.25) is 0 Å². The van der Waals surface area contributed by atoms with Crippen LogP contribution in [0.1, 0.15) is 23.5 Å². The smallest absolute Gasteiger partial charge is 0.277 e. The van der Waals surface area contributed by atoms with Crippen molar-refractivity contribution >= 4 is 22.7 Å². The minimum absolute atomic E-state index is 0.160. The molecular weight excluding hydrogens is 394 g/mol. The van der Waals surface area contributed by atoms with Crippen LogP contribution in [0.5, 0.6) is 0 Å². The number of nitrogens with zero attached hydrogens (tertiary/aromatic N) is 4. The molecule has 148 valence electrons. The highest BCUT2D eigenvalue weighted by molar-refractivity contribution is 7.98. The fraction of sp³-hybridized carbons (Fsp3) is 0.190. The molecule has 0 saturated carbocycles. The summed E-state index contributed by atoms with van der Waals surface area (Å²) in [4.78, 5) is 22.1. The van der Waals surface area contributed by atoms with E-state index in [9.17, 15) is 13.6 Å². The number of imidazole rings is 1. The number of hydrogen-bond acceptors (Lipinski definition) is 4. The van der Waals surface area contributed by atoms with Crippen LogP contribution >= 0.6 is 11.8 Å². The average Bonchev–Trinajstić information content (AvgIpc) is 3.17. The number of hydrogen-bond donors (Lipinski definition) is 0. The van der Waals surface area contributed by atoms with E-state index >= 15 is 0 Å². The fourth-order valence-electron chi connectivity index (χ4n) is 3.33. The molecule has 0 aliphatic heterocycles. The lowest BCUT2D eigenvalue weighted by Gasteiger charge is -2.17. The molecule has 0 saturated heterocycles. The van der Waals surface area contributed by atoms with Crippen LogP contribution in [0.25, 0.3) is 16.6 Å². The van der Waals surface area contributed by atoms with Crippen LogP contribution < -0.4 is 5.56 Å². The van der Waals surface area contributed by atoms with Gasteiger partial charge in [0.15, 0.2) is 5.16 Å². The molecule has 4 aromatic rings. The monoisotopic (exact) mass is 412 g/mol. The van der Waals surface area contributed by atoms with Crippen molar-refractivity contribution in [1.29, 1.82) is 0 Å². The quantitative estimate of drug-likeness (QED) is 0.346. The van der Waals surface area contributed by atoms with E-state index in [-0.39, 0.29) is 17.1 Å². The number of para-hydroxylation sites is 2. The Bertz CT molecular complexity index is 1230. The Kier molecular flexibility index (Phi) is 5.19. The maximum absolute atomic E-state index is 13.4. The van der Waals surface area contributed by atoms with Crippen LogP contribution in [0, 0.1) is 13.8 Å². The molecule has 0 spiro atoms. The number of alkyl halides is 2. The summed E-state index contributed by atoms with van der Waals surface area (Å²) >= 11 is 1.21. The van der Waals surface area contributed by atoms with Crippen LogP contribution in [0.2, 0.25) is 0 Å². The summed E-state index contributed by atoms with van der Waals surface area (Å²) in [6, 6.07) is 12.9. The average molecular weight is 412 g/mol. The molecule has 8 heteroatoms. The lowest BCUT2D eigenvalue weighted by Crippen LogP contribution is -2.23. The highest BCUT2D eigenvalue weighted by atomic mass is 32.2. The molecule has 0 unspecified atom stereocenters. The van der Waals surface area contributed by atoms with Crippen LogP contribution in [0.15, 0.2) is 64.8 Å². The summed E-state index contributed by atoms with van der Waals surface area (Å²) in [5, 5.41) is 0.948. The Morgan fingerprint density at radius 2 is 1.79 bits per heavy atom. The molecule has 5 nitrogen and oxygen atoms in total. The van der Waals surface area contributed by atoms with Crippen molar-refractivity contribution in [3.63, 3.8) is 0 Å². The molecule has 2 heterocycles. The number of aryl methyl sites for hydroxylation is 2. The van der Waals surface area contributed by atoms with Crippen molar-refractivity contribution in [3.05, 3.63) is 82.2 Å². The molecule has 0 fully saturated rings. The Labute approximate surface area is 170 Å². The molecule has 2 aromatic carbocycles. The third kappa shape index (κ3) is 3.55. The van der Waals surface area contributed by atoms with Gasteiger partial charge in [0.1, 0.15) is 5.82 Å². The summed E-state index contributed by atoms with van der Waals surface area (Å²) in [6.45, 7) is 1.20. The maximum Gasteiger partial charge on any atom is 0.319 e. The molecule has 0 amide bonds. The van der Waals surface area contributed by atoms with E-state index in [4.69, 9.17) is 0 Å². The van der Waals surface area contributed by atoms with Gasteiger partial charge < -0.3 is 0 Å². The third-order valence-electron chi connectivity index (χ3n) is 4.70. The van der Waals surface area contributed by atoms with E-state index in [1.165, 1.54) is 24.2 Å². The van der Waals surface area contributed by atoms with E-state index in [0.717, 1.165) is 21.4 Å². The predicted octanol–water partition coefficient (Wildman–Crippen LogP) is 4.89. The summed E-state index contributed by atoms with van der Waals surface area (Å²) in [6.07, 6.45) is 2.58. The summed E-state index contributed by atoms with van der Waals surface area (Å²) in [5.41, 5.74) is 3.00. The Hall–Kier alpha value is -3.00. The molecule has 0 radical (unpaired) electrons. The van der Waals surface area contributed by atoms with Gasteiger partial charge in [0.05, 0.1) is 22.3 Å². The Balaban J connectivity index is 1.88. The molecule has 4 rings (SSSR count). The lowest BCUT2D eigenvalue weighted by molar-refractivity contribution is 0.0678. The van der Waals surface area contributed by atoms with Gasteiger partial charge in [-0.1, -0.05) is 42.1 Å². The third-order valence-corrected chi connectivity index (χ3v) is 5.63. The number of thioether (sulfide) groups is 1. The highest BCUT2D eigenvalue weighted by Crippen LogP contribution is 2.28. The fourth-order valence-corrected chi connectivity index (χ4v) is 4.28. The molecule has 0 aliphatic carbocycles. The predicted molar refractivity (Wildman–Crippen MR) is 110 cm³/mol. The largest absolute Gasteiger partial charge is 0.319 e. The number of aromatic nitrogens is 4. The van der Waals surface area contributed by atoms with Crippen molar-refractivity contribution in [3.8, 4) is 5.69 Å². The van der Waals surface area contributed by atoms with Crippen molar-refractivity contribution < 1.29 is 8.78 Å². The van der Waals surface area contributed by atoms with Gasteiger partial charge in [0.25, 0.3) is 5.56 Å². The summed E-state index contributed by atoms with van der Waals surface area (Å²) < 4.78 is 28.7. The molecule has 29 heavy (non-hydrogen) atoms. The van der Waals surface area contributed by atoms with Crippen molar-refractivity contribution in [2.24, 2.45) is 0 Å². The highest BCUT2D eigenvalue weighted by Gasteiger charge is 2.18. The number of fused-ring (bicyclic) bond motifs is 1. The summed E-state index contributed by atoms with van der Waals surface area (Å²) in [5.74, 6) is 0.382. The normalized spacial score (nSPS) is 11.5.